The Labute approximate surface area is 107 Å². The van der Waals surface area contributed by atoms with Crippen molar-refractivity contribution in [1.29, 1.82) is 5.26 Å². The van der Waals surface area contributed by atoms with Gasteiger partial charge in [0.15, 0.2) is 0 Å². The maximum Gasteiger partial charge on any atom is 0.234 e. The molecule has 2 rings (SSSR count). The number of benzene rings is 1. The van der Waals surface area contributed by atoms with Gasteiger partial charge >= 0.3 is 0 Å². The molecule has 1 aromatic carbocycles. The molecule has 1 amide bonds. The molecular weight excluding hydrogens is 226 g/mol. The first kappa shape index (κ1) is 12.6. The lowest BCUT2D eigenvalue weighted by Gasteiger charge is -2.44. The number of nitrogens with zero attached hydrogens (tertiary/aromatic N) is 1. The van der Waals surface area contributed by atoms with Crippen LogP contribution >= 0.6 is 0 Å². The lowest BCUT2D eigenvalue weighted by atomic mass is 9.62. The van der Waals surface area contributed by atoms with Gasteiger partial charge in [0.25, 0.3) is 0 Å². The number of carbonyl (C=O) groups excluding carboxylic acids is 1. The molecule has 0 saturated heterocycles. The molecule has 3 N–H and O–H groups in total. The molecule has 1 saturated carbocycles. The molecular formula is C14H17N3O. The SMILES string of the molecule is CC(NC1CC(C#N)(c2ccccc2)C1)C(N)=O. The predicted octanol–water partition coefficient (Wildman–Crippen LogP) is 1.07. The number of nitrogens with two attached hydrogens (primary N) is 1. The zero-order valence-electron chi connectivity index (χ0n) is 10.4. The third-order valence-electron chi connectivity index (χ3n) is 3.64. The van der Waals surface area contributed by atoms with Crippen molar-refractivity contribution in [2.24, 2.45) is 5.73 Å². The molecule has 1 aliphatic rings. The Hall–Kier alpha value is -1.86. The Morgan fingerprint density at radius 3 is 2.61 bits per heavy atom. The van der Waals surface area contributed by atoms with Gasteiger partial charge in [-0.1, -0.05) is 30.3 Å². The first-order valence-corrected chi connectivity index (χ1v) is 6.09. The van der Waals surface area contributed by atoms with Crippen LogP contribution in [0.2, 0.25) is 0 Å². The number of amides is 1. The molecule has 1 atom stereocenters. The zero-order chi connectivity index (χ0) is 13.2. The zero-order valence-corrected chi connectivity index (χ0v) is 10.4. The molecule has 0 aromatic heterocycles. The summed E-state index contributed by atoms with van der Waals surface area (Å²) < 4.78 is 0. The first-order chi connectivity index (χ1) is 8.57. The van der Waals surface area contributed by atoms with Crippen LogP contribution in [0.15, 0.2) is 30.3 Å². The van der Waals surface area contributed by atoms with Crippen molar-refractivity contribution in [3.8, 4) is 6.07 Å². The minimum Gasteiger partial charge on any atom is -0.368 e. The average Bonchev–Trinajstić information content (AvgIpc) is 2.34. The van der Waals surface area contributed by atoms with Crippen LogP contribution in [-0.2, 0) is 10.2 Å². The van der Waals surface area contributed by atoms with Crippen molar-refractivity contribution in [3.63, 3.8) is 0 Å². The fourth-order valence-electron chi connectivity index (χ4n) is 2.48. The molecule has 0 aliphatic heterocycles. The molecule has 0 spiro atoms. The maximum atomic E-state index is 11.0. The van der Waals surface area contributed by atoms with Crippen molar-refractivity contribution in [1.82, 2.24) is 5.32 Å². The highest BCUT2D eigenvalue weighted by molar-refractivity contribution is 5.79. The third-order valence-corrected chi connectivity index (χ3v) is 3.64. The second-order valence-electron chi connectivity index (χ2n) is 4.96. The summed E-state index contributed by atoms with van der Waals surface area (Å²) in [5.41, 5.74) is 5.85. The molecule has 4 nitrogen and oxygen atoms in total. The van der Waals surface area contributed by atoms with Crippen LogP contribution in [0.25, 0.3) is 0 Å². The number of nitriles is 1. The standard InChI is InChI=1S/C14H17N3O/c1-10(13(16)18)17-12-7-14(8-12,9-15)11-5-3-2-4-6-11/h2-6,10,12,17H,7-8H2,1H3,(H2,16,18). The summed E-state index contributed by atoms with van der Waals surface area (Å²) in [6.07, 6.45) is 1.45. The van der Waals surface area contributed by atoms with E-state index in [9.17, 15) is 10.1 Å². The highest BCUT2D eigenvalue weighted by Crippen LogP contribution is 2.43. The Morgan fingerprint density at radius 2 is 2.11 bits per heavy atom. The second kappa shape index (κ2) is 4.79. The topological polar surface area (TPSA) is 78.9 Å². The monoisotopic (exact) mass is 243 g/mol. The summed E-state index contributed by atoms with van der Waals surface area (Å²) in [7, 11) is 0. The fraction of sp³-hybridized carbons (Fsp3) is 0.429. The summed E-state index contributed by atoms with van der Waals surface area (Å²) in [4.78, 5) is 11.0. The number of hydrogen-bond donors (Lipinski definition) is 2. The summed E-state index contributed by atoms with van der Waals surface area (Å²) in [6.45, 7) is 1.75. The van der Waals surface area contributed by atoms with E-state index in [-0.39, 0.29) is 18.0 Å². The van der Waals surface area contributed by atoms with Crippen molar-refractivity contribution >= 4 is 5.91 Å². The average molecular weight is 243 g/mol. The van der Waals surface area contributed by atoms with Crippen molar-refractivity contribution in [2.45, 2.75) is 37.3 Å². The van der Waals surface area contributed by atoms with Gasteiger partial charge in [0, 0.05) is 6.04 Å². The highest BCUT2D eigenvalue weighted by atomic mass is 16.1. The molecule has 94 valence electrons. The van der Waals surface area contributed by atoms with Gasteiger partial charge in [-0.2, -0.15) is 5.26 Å². The molecule has 0 bridgehead atoms. The minimum absolute atomic E-state index is 0.187. The van der Waals surface area contributed by atoms with Gasteiger partial charge in [-0.3, -0.25) is 4.79 Å². The lowest BCUT2D eigenvalue weighted by Crippen LogP contribution is -2.55. The minimum atomic E-state index is -0.406. The normalized spacial score (nSPS) is 27.9. The molecule has 0 heterocycles. The van der Waals surface area contributed by atoms with Gasteiger partial charge in [0.1, 0.15) is 0 Å². The second-order valence-corrected chi connectivity index (χ2v) is 4.96. The van der Waals surface area contributed by atoms with Gasteiger partial charge in [0.2, 0.25) is 5.91 Å². The smallest absolute Gasteiger partial charge is 0.234 e. The Kier molecular flexibility index (Phi) is 3.35. The molecule has 0 radical (unpaired) electrons. The van der Waals surface area contributed by atoms with E-state index >= 15 is 0 Å². The van der Waals surface area contributed by atoms with Crippen LogP contribution in [0, 0.1) is 11.3 Å². The van der Waals surface area contributed by atoms with E-state index in [1.54, 1.807) is 6.92 Å². The highest BCUT2D eigenvalue weighted by Gasteiger charge is 2.46. The fourth-order valence-corrected chi connectivity index (χ4v) is 2.48. The number of primary amides is 1. The molecule has 1 aliphatic carbocycles. The number of hydrogen-bond acceptors (Lipinski definition) is 3. The van der Waals surface area contributed by atoms with Crippen LogP contribution in [0.3, 0.4) is 0 Å². The van der Waals surface area contributed by atoms with E-state index < -0.39 is 5.41 Å². The number of carbonyl (C=O) groups is 1. The Morgan fingerprint density at radius 1 is 1.50 bits per heavy atom. The van der Waals surface area contributed by atoms with Crippen molar-refractivity contribution in [3.05, 3.63) is 35.9 Å². The lowest BCUT2D eigenvalue weighted by molar-refractivity contribution is -0.120. The van der Waals surface area contributed by atoms with Gasteiger partial charge in [-0.05, 0) is 25.3 Å². The summed E-state index contributed by atoms with van der Waals surface area (Å²) in [5.74, 6) is -0.357. The summed E-state index contributed by atoms with van der Waals surface area (Å²) in [6, 6.07) is 12.0. The number of rotatable bonds is 4. The molecule has 4 heteroatoms. The van der Waals surface area contributed by atoms with Gasteiger partial charge in [0.05, 0.1) is 17.5 Å². The van der Waals surface area contributed by atoms with Crippen molar-refractivity contribution < 1.29 is 4.79 Å². The van der Waals surface area contributed by atoms with Crippen molar-refractivity contribution in [2.75, 3.05) is 0 Å². The number of nitrogens with one attached hydrogen (secondary N) is 1. The van der Waals surface area contributed by atoms with E-state index in [1.807, 2.05) is 30.3 Å². The quantitative estimate of drug-likeness (QED) is 0.830. The third kappa shape index (κ3) is 2.22. The Balaban J connectivity index is 2.01. The van der Waals surface area contributed by atoms with Crippen LogP contribution < -0.4 is 11.1 Å². The van der Waals surface area contributed by atoms with E-state index in [2.05, 4.69) is 11.4 Å². The first-order valence-electron chi connectivity index (χ1n) is 6.09. The Bertz CT molecular complexity index is 472. The molecule has 1 fully saturated rings. The van der Waals surface area contributed by atoms with E-state index in [1.165, 1.54) is 0 Å². The summed E-state index contributed by atoms with van der Waals surface area (Å²) >= 11 is 0. The molecule has 18 heavy (non-hydrogen) atoms. The van der Waals surface area contributed by atoms with Crippen LogP contribution in [0.5, 0.6) is 0 Å². The van der Waals surface area contributed by atoms with Crippen LogP contribution in [0.4, 0.5) is 0 Å². The van der Waals surface area contributed by atoms with E-state index in [4.69, 9.17) is 5.73 Å². The maximum absolute atomic E-state index is 11.0. The van der Waals surface area contributed by atoms with Crippen LogP contribution in [-0.4, -0.2) is 18.0 Å². The predicted molar refractivity (Wildman–Crippen MR) is 68.5 cm³/mol. The summed E-state index contributed by atoms with van der Waals surface area (Å²) in [5, 5.41) is 12.5. The van der Waals surface area contributed by atoms with Gasteiger partial charge in [-0.15, -0.1) is 0 Å². The van der Waals surface area contributed by atoms with Gasteiger partial charge in [-0.25, -0.2) is 0 Å². The van der Waals surface area contributed by atoms with Crippen LogP contribution in [0.1, 0.15) is 25.3 Å². The van der Waals surface area contributed by atoms with Gasteiger partial charge < -0.3 is 11.1 Å². The molecule has 1 aromatic rings. The van der Waals surface area contributed by atoms with E-state index in [0.29, 0.717) is 0 Å². The molecule has 1 unspecified atom stereocenters. The largest absolute Gasteiger partial charge is 0.368 e. The van der Waals surface area contributed by atoms with E-state index in [0.717, 1.165) is 18.4 Å².